The third kappa shape index (κ3) is 4.53. The van der Waals surface area contributed by atoms with Crippen LogP contribution in [0.4, 0.5) is 5.69 Å². The molecule has 1 amide bonds. The van der Waals surface area contributed by atoms with Crippen LogP contribution in [-0.2, 0) is 6.61 Å². The van der Waals surface area contributed by atoms with Crippen LogP contribution in [0.3, 0.4) is 0 Å². The molecule has 2 aromatic carbocycles. The van der Waals surface area contributed by atoms with Gasteiger partial charge in [-0.05, 0) is 74.0 Å². The molecule has 6 heteroatoms. The summed E-state index contributed by atoms with van der Waals surface area (Å²) in [4.78, 5) is 22.3. The molecule has 0 radical (unpaired) electrons. The summed E-state index contributed by atoms with van der Waals surface area (Å²) in [6.07, 6.45) is 5.35. The summed E-state index contributed by atoms with van der Waals surface area (Å²) in [6, 6.07) is 17.1. The zero-order valence-corrected chi connectivity index (χ0v) is 17.7. The number of pyridine rings is 1. The third-order valence-corrected chi connectivity index (χ3v) is 5.04. The Morgan fingerprint density at radius 1 is 0.968 bits per heavy atom. The van der Waals surface area contributed by atoms with Crippen LogP contribution in [0.5, 0.6) is 11.5 Å². The smallest absolute Gasteiger partial charge is 0.258 e. The minimum absolute atomic E-state index is 0.0842. The number of aromatic amines is 1. The Hall–Kier alpha value is -3.80. The molecule has 2 aromatic heterocycles. The highest BCUT2D eigenvalue weighted by Gasteiger charge is 2.19. The zero-order valence-electron chi connectivity index (χ0n) is 17.7. The number of benzene rings is 2. The highest BCUT2D eigenvalue weighted by molar-refractivity contribution is 6.07. The van der Waals surface area contributed by atoms with Crippen molar-refractivity contribution in [3.8, 4) is 11.5 Å². The van der Waals surface area contributed by atoms with Crippen molar-refractivity contribution in [3.05, 3.63) is 84.3 Å². The van der Waals surface area contributed by atoms with E-state index in [1.54, 1.807) is 35.5 Å². The predicted molar refractivity (Wildman–Crippen MR) is 122 cm³/mol. The van der Waals surface area contributed by atoms with Gasteiger partial charge in [0.2, 0.25) is 0 Å². The Morgan fingerprint density at radius 2 is 1.81 bits per heavy atom. The van der Waals surface area contributed by atoms with E-state index >= 15 is 0 Å². The maximum atomic E-state index is 13.3. The van der Waals surface area contributed by atoms with Gasteiger partial charge in [-0.1, -0.05) is 0 Å². The van der Waals surface area contributed by atoms with Gasteiger partial charge >= 0.3 is 0 Å². The van der Waals surface area contributed by atoms with Crippen LogP contribution in [0.2, 0.25) is 0 Å². The van der Waals surface area contributed by atoms with Gasteiger partial charge in [0, 0.05) is 47.3 Å². The summed E-state index contributed by atoms with van der Waals surface area (Å²) < 4.78 is 11.7. The number of nitrogens with one attached hydrogen (secondary N) is 1. The first kappa shape index (κ1) is 20.5. The van der Waals surface area contributed by atoms with Gasteiger partial charge in [-0.15, -0.1) is 0 Å². The summed E-state index contributed by atoms with van der Waals surface area (Å²) in [5.74, 6) is 1.07. The van der Waals surface area contributed by atoms with Gasteiger partial charge in [0.05, 0.1) is 6.61 Å². The SMILES string of the molecule is CCOc1cc(C(=O)N(CC)c2ccc3[nH]ccc3c2)ccc1OCc1ccncc1. The largest absolute Gasteiger partial charge is 0.490 e. The van der Waals surface area contributed by atoms with Crippen LogP contribution in [-0.4, -0.2) is 29.0 Å². The molecule has 0 saturated carbocycles. The molecule has 2 heterocycles. The van der Waals surface area contributed by atoms with E-state index in [1.165, 1.54) is 0 Å². The van der Waals surface area contributed by atoms with Gasteiger partial charge in [-0.25, -0.2) is 0 Å². The van der Waals surface area contributed by atoms with E-state index in [9.17, 15) is 4.79 Å². The minimum Gasteiger partial charge on any atom is -0.490 e. The average Bonchev–Trinajstić information content (AvgIpc) is 3.27. The number of rotatable bonds is 8. The zero-order chi connectivity index (χ0) is 21.6. The highest BCUT2D eigenvalue weighted by Crippen LogP contribution is 2.31. The van der Waals surface area contributed by atoms with Crippen LogP contribution >= 0.6 is 0 Å². The van der Waals surface area contributed by atoms with Crippen LogP contribution in [0.15, 0.2) is 73.2 Å². The maximum Gasteiger partial charge on any atom is 0.258 e. The fraction of sp³-hybridized carbons (Fsp3) is 0.200. The maximum absolute atomic E-state index is 13.3. The first-order valence-corrected chi connectivity index (χ1v) is 10.4. The topological polar surface area (TPSA) is 67.5 Å². The van der Waals surface area contributed by atoms with Gasteiger partial charge in [-0.3, -0.25) is 9.78 Å². The summed E-state index contributed by atoms with van der Waals surface area (Å²) in [6.45, 7) is 5.30. The Morgan fingerprint density at radius 3 is 2.58 bits per heavy atom. The van der Waals surface area contributed by atoms with Crippen molar-refractivity contribution in [2.24, 2.45) is 0 Å². The lowest BCUT2D eigenvalue weighted by molar-refractivity contribution is 0.0987. The number of amides is 1. The third-order valence-electron chi connectivity index (χ3n) is 5.04. The lowest BCUT2D eigenvalue weighted by atomic mass is 10.1. The number of carbonyl (C=O) groups excluding carboxylic acids is 1. The van der Waals surface area contributed by atoms with Gasteiger partial charge < -0.3 is 19.4 Å². The van der Waals surface area contributed by atoms with Gasteiger partial charge in [0.1, 0.15) is 6.61 Å². The van der Waals surface area contributed by atoms with Crippen molar-refractivity contribution in [2.45, 2.75) is 20.5 Å². The Balaban J connectivity index is 1.58. The van der Waals surface area contributed by atoms with Crippen LogP contribution in [0, 0.1) is 0 Å². The molecule has 0 saturated heterocycles. The second kappa shape index (κ2) is 9.34. The second-order valence-corrected chi connectivity index (χ2v) is 7.04. The molecule has 4 rings (SSSR count). The summed E-state index contributed by atoms with van der Waals surface area (Å²) in [5, 5.41) is 1.07. The van der Waals surface area contributed by atoms with Crippen molar-refractivity contribution >= 4 is 22.5 Å². The van der Waals surface area contributed by atoms with Crippen molar-refractivity contribution < 1.29 is 14.3 Å². The lowest BCUT2D eigenvalue weighted by Gasteiger charge is -2.22. The fourth-order valence-corrected chi connectivity index (χ4v) is 3.48. The van der Waals surface area contributed by atoms with Crippen LogP contribution < -0.4 is 14.4 Å². The van der Waals surface area contributed by atoms with E-state index in [4.69, 9.17) is 9.47 Å². The molecule has 0 aliphatic rings. The standard InChI is InChI=1S/C25H25N3O3/c1-3-28(21-6-7-22-19(15-21)11-14-27-22)25(29)20-5-8-23(24(16-20)30-4-2)31-17-18-9-12-26-13-10-18/h5-16,27H,3-4,17H2,1-2H3. The fourth-order valence-electron chi connectivity index (χ4n) is 3.48. The van der Waals surface area contributed by atoms with Crippen molar-refractivity contribution in [1.29, 1.82) is 0 Å². The highest BCUT2D eigenvalue weighted by atomic mass is 16.5. The van der Waals surface area contributed by atoms with Gasteiger partial charge in [-0.2, -0.15) is 0 Å². The molecular weight excluding hydrogens is 390 g/mol. The van der Waals surface area contributed by atoms with E-state index in [-0.39, 0.29) is 5.91 Å². The average molecular weight is 415 g/mol. The summed E-state index contributed by atoms with van der Waals surface area (Å²) in [5.41, 5.74) is 3.46. The molecule has 0 fully saturated rings. The predicted octanol–water partition coefficient (Wildman–Crippen LogP) is 5.21. The number of aromatic nitrogens is 2. The molecule has 0 unspecified atom stereocenters. The number of H-pyrrole nitrogens is 1. The molecule has 4 aromatic rings. The number of fused-ring (bicyclic) bond motifs is 1. The Bertz CT molecular complexity index is 1170. The number of nitrogens with zero attached hydrogens (tertiary/aromatic N) is 2. The van der Waals surface area contributed by atoms with Crippen molar-refractivity contribution in [1.82, 2.24) is 9.97 Å². The number of ether oxygens (including phenoxy) is 2. The van der Waals surface area contributed by atoms with E-state index in [0.717, 1.165) is 22.2 Å². The van der Waals surface area contributed by atoms with E-state index in [1.807, 2.05) is 56.4 Å². The minimum atomic E-state index is -0.0842. The molecular formula is C25H25N3O3. The lowest BCUT2D eigenvalue weighted by Crippen LogP contribution is -2.30. The van der Waals surface area contributed by atoms with Gasteiger partial charge in [0.15, 0.2) is 11.5 Å². The summed E-state index contributed by atoms with van der Waals surface area (Å²) >= 11 is 0. The molecule has 6 nitrogen and oxygen atoms in total. The van der Waals surface area contributed by atoms with E-state index in [0.29, 0.717) is 36.8 Å². The molecule has 0 aliphatic carbocycles. The number of hydrogen-bond acceptors (Lipinski definition) is 4. The van der Waals surface area contributed by atoms with E-state index in [2.05, 4.69) is 9.97 Å². The molecule has 0 atom stereocenters. The van der Waals surface area contributed by atoms with Gasteiger partial charge in [0.25, 0.3) is 5.91 Å². The normalized spacial score (nSPS) is 10.8. The number of anilines is 1. The first-order valence-electron chi connectivity index (χ1n) is 10.4. The molecule has 0 bridgehead atoms. The molecule has 0 aliphatic heterocycles. The quantitative estimate of drug-likeness (QED) is 0.429. The Kier molecular flexibility index (Phi) is 6.17. The van der Waals surface area contributed by atoms with Crippen molar-refractivity contribution in [3.63, 3.8) is 0 Å². The Labute approximate surface area is 181 Å². The molecule has 158 valence electrons. The summed E-state index contributed by atoms with van der Waals surface area (Å²) in [7, 11) is 0. The first-order chi connectivity index (χ1) is 15.2. The second-order valence-electron chi connectivity index (χ2n) is 7.04. The van der Waals surface area contributed by atoms with E-state index < -0.39 is 0 Å². The monoisotopic (exact) mass is 415 g/mol. The van der Waals surface area contributed by atoms with Crippen LogP contribution in [0.25, 0.3) is 10.9 Å². The number of hydrogen-bond donors (Lipinski definition) is 1. The molecule has 31 heavy (non-hydrogen) atoms. The molecule has 0 spiro atoms. The van der Waals surface area contributed by atoms with Crippen molar-refractivity contribution in [2.75, 3.05) is 18.1 Å². The van der Waals surface area contributed by atoms with Crippen LogP contribution in [0.1, 0.15) is 29.8 Å². The molecule has 1 N–H and O–H groups in total. The number of carbonyl (C=O) groups is 1.